The molecule has 0 unspecified atom stereocenters. The van der Waals surface area contributed by atoms with E-state index >= 15 is 0 Å². The zero-order valence-electron chi connectivity index (χ0n) is 29.5. The number of carboxylic acids is 1. The first-order valence-corrected chi connectivity index (χ1v) is 18.4. The number of carbonyl (C=O) groups is 1. The highest BCUT2D eigenvalue weighted by atomic mass is 35.5. The van der Waals surface area contributed by atoms with E-state index < -0.39 is 18.0 Å². The molecule has 1 aliphatic heterocycles. The van der Waals surface area contributed by atoms with Crippen molar-refractivity contribution in [3.63, 3.8) is 0 Å². The van der Waals surface area contributed by atoms with Crippen LogP contribution >= 0.6 is 22.9 Å². The second-order valence-corrected chi connectivity index (χ2v) is 14.3. The van der Waals surface area contributed by atoms with Crippen LogP contribution in [-0.4, -0.2) is 93.0 Å². The van der Waals surface area contributed by atoms with E-state index in [1.807, 2.05) is 56.4 Å². The summed E-state index contributed by atoms with van der Waals surface area (Å²) in [6, 6.07) is 13.9. The second kappa shape index (κ2) is 15.9. The van der Waals surface area contributed by atoms with E-state index in [1.165, 1.54) is 23.7 Å². The van der Waals surface area contributed by atoms with Gasteiger partial charge in [-0.15, -0.1) is 11.3 Å². The number of fused-ring (bicyclic) bond motifs is 1. The lowest BCUT2D eigenvalue weighted by Gasteiger charge is -2.32. The number of aryl methyl sites for hydroxylation is 1. The van der Waals surface area contributed by atoms with E-state index in [0.29, 0.717) is 60.9 Å². The molecule has 4 aromatic heterocycles. The monoisotopic (exact) mass is 759 g/mol. The number of aliphatic carboxylic acids is 1. The fourth-order valence-electron chi connectivity index (χ4n) is 6.40. The van der Waals surface area contributed by atoms with E-state index in [4.69, 9.17) is 25.5 Å². The number of hydrogen-bond donors (Lipinski definition) is 2. The standard InChI is InChI=1S/C38H39ClFN7O5S/c1-23-26(8-9-29(34(23)39)50-19-18-47-16-14-45(2)15-17-47)32-33-36(41-22-42-37(33)53-35(32)30-10-11-31(40)52-30)44-27(38(48)49)20-24-6-4-5-7-28(24)51-21-25-12-13-43-46(25)3/h4-13,22,27H,14-21H2,1-3H3,(H,48,49)(H,41,42,44)/t27-/m1/s1. The minimum absolute atomic E-state index is 0.0864. The molecular formula is C38H39ClFN7O5S. The first-order chi connectivity index (χ1) is 25.7. The van der Waals surface area contributed by atoms with Gasteiger partial charge in [0.2, 0.25) is 0 Å². The topological polar surface area (TPSA) is 131 Å². The van der Waals surface area contributed by atoms with E-state index in [0.717, 1.165) is 49.5 Å². The molecule has 0 radical (unpaired) electrons. The molecule has 0 spiro atoms. The summed E-state index contributed by atoms with van der Waals surface area (Å²) >= 11 is 8.27. The highest BCUT2D eigenvalue weighted by molar-refractivity contribution is 7.22. The molecule has 0 saturated carbocycles. The third-order valence-corrected chi connectivity index (χ3v) is 11.1. The molecule has 12 nitrogen and oxygen atoms in total. The molecule has 1 saturated heterocycles. The number of halogens is 2. The summed E-state index contributed by atoms with van der Waals surface area (Å²) in [5.41, 5.74) is 3.64. The average Bonchev–Trinajstić information content (AvgIpc) is 3.88. The molecule has 5 heterocycles. The molecule has 2 aromatic carbocycles. The summed E-state index contributed by atoms with van der Waals surface area (Å²) < 4.78 is 33.8. The zero-order valence-corrected chi connectivity index (χ0v) is 31.1. The third-order valence-electron chi connectivity index (χ3n) is 9.47. The van der Waals surface area contributed by atoms with E-state index in [9.17, 15) is 14.3 Å². The van der Waals surface area contributed by atoms with Crippen LogP contribution < -0.4 is 14.8 Å². The Kier molecular flexibility index (Phi) is 10.9. The minimum Gasteiger partial charge on any atom is -0.491 e. The predicted molar refractivity (Wildman–Crippen MR) is 202 cm³/mol. The predicted octanol–water partition coefficient (Wildman–Crippen LogP) is 6.77. The molecule has 1 fully saturated rings. The fraction of sp³-hybridized carbons (Fsp3) is 0.316. The Morgan fingerprint density at radius 3 is 2.60 bits per heavy atom. The third kappa shape index (κ3) is 8.00. The van der Waals surface area contributed by atoms with Gasteiger partial charge in [-0.05, 0) is 54.9 Å². The Balaban J connectivity index is 1.21. The van der Waals surface area contributed by atoms with Crippen LogP contribution in [0.3, 0.4) is 0 Å². The molecule has 0 aliphatic carbocycles. The number of benzene rings is 2. The molecular weight excluding hydrogens is 721 g/mol. The van der Waals surface area contributed by atoms with Crippen LogP contribution in [0.2, 0.25) is 5.02 Å². The van der Waals surface area contributed by atoms with Crippen molar-refractivity contribution in [3.8, 4) is 33.3 Å². The van der Waals surface area contributed by atoms with Gasteiger partial charge in [0.25, 0.3) is 6.01 Å². The lowest BCUT2D eigenvalue weighted by atomic mass is 9.97. The van der Waals surface area contributed by atoms with Crippen LogP contribution in [0, 0.1) is 12.9 Å². The number of ether oxygens (including phenoxy) is 2. The Morgan fingerprint density at radius 1 is 1.06 bits per heavy atom. The van der Waals surface area contributed by atoms with Crippen LogP contribution in [0.1, 0.15) is 16.8 Å². The van der Waals surface area contributed by atoms with Crippen molar-refractivity contribution in [2.24, 2.45) is 7.05 Å². The summed E-state index contributed by atoms with van der Waals surface area (Å²) in [6.45, 7) is 7.44. The van der Waals surface area contributed by atoms with Gasteiger partial charge >= 0.3 is 5.97 Å². The van der Waals surface area contributed by atoms with E-state index in [2.05, 4.69) is 37.2 Å². The molecule has 1 atom stereocenters. The number of carboxylic acid groups (broad SMARTS) is 1. The zero-order chi connectivity index (χ0) is 37.1. The highest BCUT2D eigenvalue weighted by Gasteiger charge is 2.28. The highest BCUT2D eigenvalue weighted by Crippen LogP contribution is 2.49. The molecule has 276 valence electrons. The quantitative estimate of drug-likeness (QED) is 0.122. The van der Waals surface area contributed by atoms with Crippen molar-refractivity contribution < 1.29 is 28.2 Å². The van der Waals surface area contributed by atoms with E-state index in [-0.39, 0.29) is 13.0 Å². The van der Waals surface area contributed by atoms with Gasteiger partial charge in [0.1, 0.15) is 53.5 Å². The first-order valence-electron chi connectivity index (χ1n) is 17.2. The lowest BCUT2D eigenvalue weighted by molar-refractivity contribution is -0.137. The molecule has 0 bridgehead atoms. The number of rotatable bonds is 14. The number of aromatic nitrogens is 4. The van der Waals surface area contributed by atoms with Crippen molar-refractivity contribution in [2.45, 2.75) is 26.0 Å². The second-order valence-electron chi connectivity index (χ2n) is 12.9. The maximum atomic E-state index is 14.3. The van der Waals surface area contributed by atoms with Gasteiger partial charge in [0, 0.05) is 64.0 Å². The van der Waals surface area contributed by atoms with Gasteiger partial charge in [-0.25, -0.2) is 14.8 Å². The van der Waals surface area contributed by atoms with Gasteiger partial charge in [-0.1, -0.05) is 35.9 Å². The molecule has 7 rings (SSSR count). The van der Waals surface area contributed by atoms with Crippen molar-refractivity contribution in [1.29, 1.82) is 0 Å². The Hall–Kier alpha value is -5.02. The van der Waals surface area contributed by atoms with Crippen LogP contribution in [0.15, 0.2) is 71.5 Å². The number of piperazine rings is 1. The van der Waals surface area contributed by atoms with Gasteiger partial charge in [0.15, 0.2) is 0 Å². The Labute approximate surface area is 314 Å². The van der Waals surface area contributed by atoms with Crippen LogP contribution in [0.5, 0.6) is 11.5 Å². The van der Waals surface area contributed by atoms with Crippen molar-refractivity contribution in [2.75, 3.05) is 51.7 Å². The number of thiophene rings is 1. The summed E-state index contributed by atoms with van der Waals surface area (Å²) in [5.74, 6) is 0.619. The Morgan fingerprint density at radius 2 is 1.87 bits per heavy atom. The van der Waals surface area contributed by atoms with Crippen molar-refractivity contribution in [3.05, 3.63) is 95.0 Å². The SMILES string of the molecule is Cc1c(-c2c(-c3ccc(F)o3)sc3ncnc(N[C@H](Cc4ccccc4OCc4ccnn4C)C(=O)O)c23)ccc(OCCN2CCN(C)CC2)c1Cl. The smallest absolute Gasteiger partial charge is 0.326 e. The number of likely N-dealkylation sites (N-methyl/N-ethyl adjacent to an activating group) is 1. The number of anilines is 1. The summed E-state index contributed by atoms with van der Waals surface area (Å²) in [6.07, 6.45) is 3.15. The summed E-state index contributed by atoms with van der Waals surface area (Å²) in [4.78, 5) is 27.7. The van der Waals surface area contributed by atoms with Gasteiger partial charge in [0.05, 0.1) is 21.0 Å². The molecule has 0 amide bonds. The summed E-state index contributed by atoms with van der Waals surface area (Å²) in [7, 11) is 3.96. The largest absolute Gasteiger partial charge is 0.491 e. The number of furan rings is 1. The van der Waals surface area contributed by atoms with Crippen LogP contribution in [0.25, 0.3) is 32.0 Å². The molecule has 1 aliphatic rings. The first kappa shape index (κ1) is 36.3. The van der Waals surface area contributed by atoms with Gasteiger partial charge in [-0.2, -0.15) is 9.49 Å². The van der Waals surface area contributed by atoms with Crippen LogP contribution in [-0.2, 0) is 24.9 Å². The van der Waals surface area contributed by atoms with Crippen molar-refractivity contribution >= 4 is 44.9 Å². The number of hydrogen-bond acceptors (Lipinski definition) is 11. The van der Waals surface area contributed by atoms with Crippen LogP contribution in [0.4, 0.5) is 10.2 Å². The maximum Gasteiger partial charge on any atom is 0.326 e. The fourth-order valence-corrected chi connectivity index (χ4v) is 7.74. The minimum atomic E-state index is -1.10. The maximum absolute atomic E-state index is 14.3. The Bertz CT molecular complexity index is 2230. The number of para-hydroxylation sites is 1. The normalized spacial score (nSPS) is 14.4. The van der Waals surface area contributed by atoms with E-state index in [1.54, 1.807) is 16.9 Å². The number of nitrogens with one attached hydrogen (secondary N) is 1. The van der Waals surface area contributed by atoms with Crippen molar-refractivity contribution in [1.82, 2.24) is 29.5 Å². The average molecular weight is 760 g/mol. The molecule has 6 aromatic rings. The van der Waals surface area contributed by atoms with Gasteiger partial charge < -0.3 is 29.2 Å². The molecule has 53 heavy (non-hydrogen) atoms. The summed E-state index contributed by atoms with van der Waals surface area (Å²) in [5, 5.41) is 18.8. The lowest BCUT2D eigenvalue weighted by Crippen LogP contribution is -2.45. The molecule has 2 N–H and O–H groups in total. The number of nitrogens with zero attached hydrogens (tertiary/aromatic N) is 6. The molecule has 15 heteroatoms. The van der Waals surface area contributed by atoms with Gasteiger partial charge in [-0.3, -0.25) is 9.58 Å².